The quantitative estimate of drug-likeness (QED) is 0.280. The fourth-order valence-corrected chi connectivity index (χ4v) is 6.73. The molecule has 0 spiro atoms. The van der Waals surface area contributed by atoms with Crippen LogP contribution in [0.1, 0.15) is 68.3 Å². The summed E-state index contributed by atoms with van der Waals surface area (Å²) in [7, 11) is 2.07. The number of phenols is 1. The number of benzene rings is 2. The number of rotatable bonds is 9. The average Bonchev–Trinajstić information content (AvgIpc) is 3.76. The second-order valence-electron chi connectivity index (χ2n) is 12.1. The van der Waals surface area contributed by atoms with E-state index in [4.69, 9.17) is 16.6 Å². The third-order valence-electron chi connectivity index (χ3n) is 9.00. The number of halogens is 2. The van der Waals surface area contributed by atoms with Gasteiger partial charge in [0.15, 0.2) is 17.3 Å². The highest BCUT2D eigenvalue weighted by Gasteiger charge is 2.40. The summed E-state index contributed by atoms with van der Waals surface area (Å²) < 4.78 is 14.4. The van der Waals surface area contributed by atoms with Crippen LogP contribution in [0.5, 0.6) is 5.75 Å². The molecule has 0 radical (unpaired) electrons. The van der Waals surface area contributed by atoms with Crippen molar-refractivity contribution in [3.8, 4) is 16.9 Å². The summed E-state index contributed by atoms with van der Waals surface area (Å²) in [4.78, 5) is 20.5. The monoisotopic (exact) mass is 552 g/mol. The van der Waals surface area contributed by atoms with E-state index in [1.807, 2.05) is 18.2 Å². The van der Waals surface area contributed by atoms with Crippen molar-refractivity contribution in [2.75, 3.05) is 26.7 Å². The molecule has 0 saturated heterocycles. The highest BCUT2D eigenvalue weighted by atomic mass is 35.5. The predicted octanol–water partition coefficient (Wildman–Crippen LogP) is 7.00. The van der Waals surface area contributed by atoms with Crippen LogP contribution in [-0.2, 0) is 5.41 Å². The summed E-state index contributed by atoms with van der Waals surface area (Å²) in [6.07, 6.45) is 8.01. The molecule has 2 N–H and O–H groups in total. The number of aliphatic hydroxyl groups is 1. The van der Waals surface area contributed by atoms with Crippen molar-refractivity contribution in [1.82, 2.24) is 9.88 Å². The van der Waals surface area contributed by atoms with E-state index in [1.54, 1.807) is 12.3 Å². The number of pyridine rings is 1. The van der Waals surface area contributed by atoms with Gasteiger partial charge in [-0.25, -0.2) is 4.39 Å². The van der Waals surface area contributed by atoms with E-state index in [-0.39, 0.29) is 28.7 Å². The lowest BCUT2D eigenvalue weighted by Crippen LogP contribution is -2.36. The third kappa shape index (κ3) is 5.70. The van der Waals surface area contributed by atoms with Crippen molar-refractivity contribution in [3.63, 3.8) is 0 Å². The normalized spacial score (nSPS) is 20.1. The number of nitrogens with zero attached hydrogens (tertiary/aromatic N) is 2. The van der Waals surface area contributed by atoms with Gasteiger partial charge in [0.1, 0.15) is 0 Å². The van der Waals surface area contributed by atoms with Crippen molar-refractivity contribution >= 4 is 28.3 Å². The molecular weight excluding hydrogens is 515 g/mol. The van der Waals surface area contributed by atoms with Gasteiger partial charge < -0.3 is 15.1 Å². The number of hydrogen-bond donors (Lipinski definition) is 2. The Balaban J connectivity index is 1.55. The first-order valence-electron chi connectivity index (χ1n) is 14.0. The van der Waals surface area contributed by atoms with Crippen LogP contribution in [0.25, 0.3) is 22.0 Å². The molecular formula is C32H38ClFN2O3. The van der Waals surface area contributed by atoms with Crippen LogP contribution in [-0.4, -0.2) is 52.6 Å². The van der Waals surface area contributed by atoms with Crippen molar-refractivity contribution in [3.05, 3.63) is 58.5 Å². The molecule has 1 aromatic heterocycles. The number of ketones is 1. The number of aliphatic hydroxyl groups excluding tert-OH is 1. The minimum absolute atomic E-state index is 0.0390. The molecule has 2 saturated carbocycles. The molecule has 2 fully saturated rings. The average molecular weight is 553 g/mol. The first-order valence-corrected chi connectivity index (χ1v) is 14.4. The number of hydrogen-bond acceptors (Lipinski definition) is 5. The number of aromatic hydroxyl groups is 1. The highest BCUT2D eigenvalue weighted by molar-refractivity contribution is 6.32. The summed E-state index contributed by atoms with van der Waals surface area (Å²) in [5.74, 6) is -0.0650. The van der Waals surface area contributed by atoms with E-state index < -0.39 is 11.6 Å². The van der Waals surface area contributed by atoms with Crippen LogP contribution in [0.3, 0.4) is 0 Å². The first-order chi connectivity index (χ1) is 18.6. The molecule has 0 aliphatic heterocycles. The standard InChI is InChI=1S/C32H38ClFN2O3/c1-32(2,23-9-4-19(5-10-23)18-36(3)12-13-37)29-24-14-21(22-15-26(33)31(39)27(34)16-22)8-11-28(24)35-17-25(29)30(38)20-6-7-20/h8,11,14-17,19-20,23,37,39H,4-7,9-10,12-13,18H2,1-3H3. The van der Waals surface area contributed by atoms with Crippen LogP contribution < -0.4 is 0 Å². The zero-order chi connectivity index (χ0) is 27.9. The molecule has 39 heavy (non-hydrogen) atoms. The number of aromatic nitrogens is 1. The molecule has 0 unspecified atom stereocenters. The maximum atomic E-state index is 14.4. The van der Waals surface area contributed by atoms with Gasteiger partial charge in [-0.2, -0.15) is 0 Å². The number of likely N-dealkylation sites (N-methyl/N-ethyl adjacent to an activating group) is 1. The third-order valence-corrected chi connectivity index (χ3v) is 9.28. The number of phenolic OH excluding ortho intramolecular Hbond substituents is 1. The van der Waals surface area contributed by atoms with E-state index in [0.29, 0.717) is 29.5 Å². The van der Waals surface area contributed by atoms with Gasteiger partial charge in [-0.1, -0.05) is 31.5 Å². The predicted molar refractivity (Wildman–Crippen MR) is 154 cm³/mol. The SMILES string of the molecule is CN(CCO)CC1CCC(C(C)(C)c2c(C(=O)C3CC3)cnc3ccc(-c4cc(F)c(O)c(Cl)c4)cc23)CC1. The van der Waals surface area contributed by atoms with Crippen molar-refractivity contribution < 1.29 is 19.4 Å². The Bertz CT molecular complexity index is 1360. The molecule has 0 bridgehead atoms. The van der Waals surface area contributed by atoms with Gasteiger partial charge in [0.2, 0.25) is 0 Å². The van der Waals surface area contributed by atoms with E-state index in [0.717, 1.165) is 67.1 Å². The Hall–Kier alpha value is -2.54. The Kier molecular flexibility index (Phi) is 8.01. The molecule has 5 rings (SSSR count). The van der Waals surface area contributed by atoms with E-state index in [1.165, 1.54) is 6.07 Å². The summed E-state index contributed by atoms with van der Waals surface area (Å²) in [6.45, 7) is 6.39. The van der Waals surface area contributed by atoms with Crippen LogP contribution in [0, 0.1) is 23.6 Å². The molecule has 5 nitrogen and oxygen atoms in total. The van der Waals surface area contributed by atoms with Crippen molar-refractivity contribution in [1.29, 1.82) is 0 Å². The fraction of sp³-hybridized carbons (Fsp3) is 0.500. The summed E-state index contributed by atoms with van der Waals surface area (Å²) in [5.41, 5.74) is 3.60. The van der Waals surface area contributed by atoms with Gasteiger partial charge in [-0.15, -0.1) is 0 Å². The molecule has 3 aromatic rings. The van der Waals surface area contributed by atoms with Crippen molar-refractivity contribution in [2.24, 2.45) is 17.8 Å². The Morgan fingerprint density at radius 1 is 1.10 bits per heavy atom. The minimum atomic E-state index is -0.768. The molecule has 2 aliphatic carbocycles. The van der Waals surface area contributed by atoms with Crippen LogP contribution in [0.2, 0.25) is 5.02 Å². The van der Waals surface area contributed by atoms with Crippen LogP contribution in [0.15, 0.2) is 36.5 Å². The topological polar surface area (TPSA) is 73.7 Å². The summed E-state index contributed by atoms with van der Waals surface area (Å²) >= 11 is 6.10. The maximum absolute atomic E-state index is 14.4. The molecule has 0 atom stereocenters. The van der Waals surface area contributed by atoms with Gasteiger partial charge in [0.25, 0.3) is 0 Å². The van der Waals surface area contributed by atoms with Crippen LogP contribution >= 0.6 is 11.6 Å². The van der Waals surface area contributed by atoms with Gasteiger partial charge in [-0.05, 0) is 104 Å². The van der Waals surface area contributed by atoms with Crippen LogP contribution in [0.4, 0.5) is 4.39 Å². The maximum Gasteiger partial charge on any atom is 0.170 e. The van der Waals surface area contributed by atoms with Crippen molar-refractivity contribution in [2.45, 2.75) is 57.8 Å². The van der Waals surface area contributed by atoms with Gasteiger partial charge in [0, 0.05) is 36.2 Å². The minimum Gasteiger partial charge on any atom is -0.504 e. The zero-order valence-electron chi connectivity index (χ0n) is 23.0. The number of carbonyl (C=O) groups excluding carboxylic acids is 1. The van der Waals surface area contributed by atoms with Gasteiger partial charge >= 0.3 is 0 Å². The largest absolute Gasteiger partial charge is 0.504 e. The molecule has 0 amide bonds. The second-order valence-corrected chi connectivity index (χ2v) is 12.5. The molecule has 1 heterocycles. The number of Topliss-reactive ketones (excluding diaryl/α,β-unsaturated/α-hetero) is 1. The van der Waals surface area contributed by atoms with Gasteiger partial charge in [0.05, 0.1) is 17.1 Å². The zero-order valence-corrected chi connectivity index (χ0v) is 23.8. The second kappa shape index (κ2) is 11.1. The summed E-state index contributed by atoms with van der Waals surface area (Å²) in [5, 5.41) is 20.0. The fourth-order valence-electron chi connectivity index (χ4n) is 6.52. The lowest BCUT2D eigenvalue weighted by Gasteiger charge is -2.41. The van der Waals surface area contributed by atoms with E-state index in [2.05, 4.69) is 25.8 Å². The van der Waals surface area contributed by atoms with E-state index >= 15 is 0 Å². The summed E-state index contributed by atoms with van der Waals surface area (Å²) in [6, 6.07) is 8.65. The Morgan fingerprint density at radius 3 is 2.46 bits per heavy atom. The Morgan fingerprint density at radius 2 is 1.82 bits per heavy atom. The smallest absolute Gasteiger partial charge is 0.170 e. The molecule has 2 aliphatic rings. The number of fused-ring (bicyclic) bond motifs is 1. The molecule has 2 aromatic carbocycles. The first kappa shape index (κ1) is 28.0. The lowest BCUT2D eigenvalue weighted by molar-refractivity contribution is 0.0962. The van der Waals surface area contributed by atoms with E-state index in [9.17, 15) is 19.4 Å². The molecule has 7 heteroatoms. The Labute approximate surface area is 235 Å². The number of carbonyl (C=O) groups is 1. The highest BCUT2D eigenvalue weighted by Crippen LogP contribution is 2.47. The lowest BCUT2D eigenvalue weighted by atomic mass is 9.64. The molecule has 208 valence electrons. The van der Waals surface area contributed by atoms with Gasteiger partial charge in [-0.3, -0.25) is 9.78 Å².